The van der Waals surface area contributed by atoms with Gasteiger partial charge in [-0.15, -0.1) is 0 Å². The van der Waals surface area contributed by atoms with E-state index in [2.05, 4.69) is 27.3 Å². The number of carbonyl (C=O) groups is 1. The minimum atomic E-state index is -0.169. The van der Waals surface area contributed by atoms with Gasteiger partial charge < -0.3 is 10.1 Å². The summed E-state index contributed by atoms with van der Waals surface area (Å²) in [7, 11) is 0. The zero-order valence-electron chi connectivity index (χ0n) is 13.5. The average molecular weight is 374 g/mol. The second-order valence-corrected chi connectivity index (χ2v) is 6.23. The van der Waals surface area contributed by atoms with Crippen LogP contribution in [0.1, 0.15) is 23.6 Å². The van der Waals surface area contributed by atoms with Crippen LogP contribution in [0.5, 0.6) is 5.75 Å². The fraction of sp³-hybridized carbons (Fsp3) is 0.211. The minimum absolute atomic E-state index is 0.169. The predicted molar refractivity (Wildman–Crippen MR) is 98.9 cm³/mol. The molecular weight excluding hydrogens is 354 g/mol. The van der Waals surface area contributed by atoms with E-state index in [1.54, 1.807) is 6.08 Å². The second-order valence-electron chi connectivity index (χ2n) is 5.31. The number of benzene rings is 2. The molecule has 0 aliphatic rings. The van der Waals surface area contributed by atoms with Gasteiger partial charge in [0.05, 0.1) is 6.61 Å². The third-order valence-electron chi connectivity index (χ3n) is 3.18. The lowest BCUT2D eigenvalue weighted by molar-refractivity contribution is -0.111. The Kier molecular flexibility index (Phi) is 5.99. The summed E-state index contributed by atoms with van der Waals surface area (Å²) in [5.41, 5.74) is 3.90. The van der Waals surface area contributed by atoms with Crippen molar-refractivity contribution in [2.45, 2.75) is 20.8 Å². The van der Waals surface area contributed by atoms with Gasteiger partial charge in [0.15, 0.2) is 0 Å². The summed E-state index contributed by atoms with van der Waals surface area (Å²) in [4.78, 5) is 12.1. The molecule has 0 fully saturated rings. The number of carbonyl (C=O) groups excluding carboxylic acids is 1. The van der Waals surface area contributed by atoms with E-state index in [0.717, 1.165) is 32.6 Å². The topological polar surface area (TPSA) is 38.3 Å². The Hall–Kier alpha value is -2.07. The Balaban J connectivity index is 2.13. The standard InChI is InChI=1S/C19H20BrNO2/c1-4-23-18-7-6-16(20)12-15(18)5-8-19(22)21-17-10-13(2)9-14(3)11-17/h5-12H,4H2,1-3H3,(H,21,22)/b8-5+. The van der Waals surface area contributed by atoms with Crippen LogP contribution in [0.25, 0.3) is 6.08 Å². The summed E-state index contributed by atoms with van der Waals surface area (Å²) in [6.07, 6.45) is 3.27. The van der Waals surface area contributed by atoms with Crippen molar-refractivity contribution in [1.29, 1.82) is 0 Å². The molecule has 23 heavy (non-hydrogen) atoms. The number of hydrogen-bond donors (Lipinski definition) is 1. The van der Waals surface area contributed by atoms with E-state index in [0.29, 0.717) is 6.61 Å². The van der Waals surface area contributed by atoms with Crippen LogP contribution in [0.2, 0.25) is 0 Å². The van der Waals surface area contributed by atoms with Crippen LogP contribution in [0.4, 0.5) is 5.69 Å². The van der Waals surface area contributed by atoms with E-state index >= 15 is 0 Å². The maximum atomic E-state index is 12.1. The monoisotopic (exact) mass is 373 g/mol. The third-order valence-corrected chi connectivity index (χ3v) is 3.67. The molecule has 1 N–H and O–H groups in total. The Morgan fingerprint density at radius 2 is 1.87 bits per heavy atom. The molecule has 0 saturated heterocycles. The van der Waals surface area contributed by atoms with Crippen LogP contribution in [0.3, 0.4) is 0 Å². The molecule has 0 aliphatic heterocycles. The molecule has 0 heterocycles. The highest BCUT2D eigenvalue weighted by atomic mass is 79.9. The van der Waals surface area contributed by atoms with E-state index in [4.69, 9.17) is 4.74 Å². The molecule has 0 bridgehead atoms. The molecule has 2 rings (SSSR count). The Morgan fingerprint density at radius 1 is 1.17 bits per heavy atom. The summed E-state index contributed by atoms with van der Waals surface area (Å²) < 4.78 is 6.51. The molecule has 1 amide bonds. The van der Waals surface area contributed by atoms with Crippen molar-refractivity contribution in [2.75, 3.05) is 11.9 Å². The maximum Gasteiger partial charge on any atom is 0.248 e. The van der Waals surface area contributed by atoms with Crippen LogP contribution in [0.15, 0.2) is 46.9 Å². The summed E-state index contributed by atoms with van der Waals surface area (Å²) in [6.45, 7) is 6.53. The summed E-state index contributed by atoms with van der Waals surface area (Å²) >= 11 is 3.43. The number of anilines is 1. The van der Waals surface area contributed by atoms with Gasteiger partial charge in [-0.25, -0.2) is 0 Å². The predicted octanol–water partition coefficient (Wildman–Crippen LogP) is 5.12. The van der Waals surface area contributed by atoms with Gasteiger partial charge >= 0.3 is 0 Å². The zero-order chi connectivity index (χ0) is 16.8. The molecule has 4 heteroatoms. The number of nitrogens with one attached hydrogen (secondary N) is 1. The van der Waals surface area contributed by atoms with Crippen molar-refractivity contribution < 1.29 is 9.53 Å². The van der Waals surface area contributed by atoms with Gasteiger partial charge in [0, 0.05) is 21.8 Å². The lowest BCUT2D eigenvalue weighted by atomic mass is 10.1. The van der Waals surface area contributed by atoms with E-state index in [1.165, 1.54) is 6.08 Å². The number of aryl methyl sites for hydroxylation is 2. The van der Waals surface area contributed by atoms with Gasteiger partial charge in [-0.1, -0.05) is 22.0 Å². The Morgan fingerprint density at radius 3 is 2.52 bits per heavy atom. The average Bonchev–Trinajstić information content (AvgIpc) is 2.46. The van der Waals surface area contributed by atoms with Crippen molar-refractivity contribution in [3.8, 4) is 5.75 Å². The molecule has 0 spiro atoms. The Bertz CT molecular complexity index is 718. The molecule has 0 radical (unpaired) electrons. The molecule has 0 aliphatic carbocycles. The Labute approximate surface area is 145 Å². The molecule has 2 aromatic rings. The van der Waals surface area contributed by atoms with Crippen molar-refractivity contribution in [3.05, 3.63) is 63.6 Å². The second kappa shape index (κ2) is 7.97. The van der Waals surface area contributed by atoms with Gasteiger partial charge in [-0.05, 0) is 68.3 Å². The summed E-state index contributed by atoms with van der Waals surface area (Å²) in [5.74, 6) is 0.587. The first-order valence-corrected chi connectivity index (χ1v) is 8.27. The number of hydrogen-bond acceptors (Lipinski definition) is 2. The van der Waals surface area contributed by atoms with Crippen LogP contribution in [-0.4, -0.2) is 12.5 Å². The van der Waals surface area contributed by atoms with Gasteiger partial charge in [0.2, 0.25) is 5.91 Å². The van der Waals surface area contributed by atoms with Crippen LogP contribution < -0.4 is 10.1 Å². The summed E-state index contributed by atoms with van der Waals surface area (Å²) in [6, 6.07) is 11.7. The quantitative estimate of drug-likeness (QED) is 0.738. The van der Waals surface area contributed by atoms with Gasteiger partial charge in [-0.2, -0.15) is 0 Å². The number of rotatable bonds is 5. The highest BCUT2D eigenvalue weighted by molar-refractivity contribution is 9.10. The lowest BCUT2D eigenvalue weighted by Gasteiger charge is -2.08. The van der Waals surface area contributed by atoms with Gasteiger partial charge in [0.1, 0.15) is 5.75 Å². The minimum Gasteiger partial charge on any atom is -0.493 e. The zero-order valence-corrected chi connectivity index (χ0v) is 15.1. The van der Waals surface area contributed by atoms with Gasteiger partial charge in [-0.3, -0.25) is 4.79 Å². The third kappa shape index (κ3) is 5.25. The van der Waals surface area contributed by atoms with Crippen molar-refractivity contribution in [2.24, 2.45) is 0 Å². The molecular formula is C19H20BrNO2. The highest BCUT2D eigenvalue weighted by Gasteiger charge is 2.03. The van der Waals surface area contributed by atoms with Crippen molar-refractivity contribution >= 4 is 33.6 Å². The summed E-state index contributed by atoms with van der Waals surface area (Å²) in [5, 5.41) is 2.88. The first-order valence-electron chi connectivity index (χ1n) is 7.47. The normalized spacial score (nSPS) is 10.8. The number of ether oxygens (including phenoxy) is 1. The van der Waals surface area contributed by atoms with Crippen LogP contribution >= 0.6 is 15.9 Å². The lowest BCUT2D eigenvalue weighted by Crippen LogP contribution is -2.08. The van der Waals surface area contributed by atoms with Crippen LogP contribution in [0, 0.1) is 13.8 Å². The van der Waals surface area contributed by atoms with E-state index < -0.39 is 0 Å². The van der Waals surface area contributed by atoms with Crippen LogP contribution in [-0.2, 0) is 4.79 Å². The van der Waals surface area contributed by atoms with Gasteiger partial charge in [0.25, 0.3) is 0 Å². The number of halogens is 1. The fourth-order valence-corrected chi connectivity index (χ4v) is 2.71. The highest BCUT2D eigenvalue weighted by Crippen LogP contribution is 2.24. The molecule has 0 atom stereocenters. The first-order chi connectivity index (χ1) is 11.0. The maximum absolute atomic E-state index is 12.1. The molecule has 0 aromatic heterocycles. The molecule has 0 unspecified atom stereocenters. The van der Waals surface area contributed by atoms with E-state index in [1.807, 2.05) is 51.1 Å². The largest absolute Gasteiger partial charge is 0.493 e. The smallest absolute Gasteiger partial charge is 0.248 e. The molecule has 120 valence electrons. The molecule has 0 saturated carbocycles. The first kappa shape index (κ1) is 17.3. The van der Waals surface area contributed by atoms with Crippen molar-refractivity contribution in [3.63, 3.8) is 0 Å². The fourth-order valence-electron chi connectivity index (χ4n) is 2.33. The van der Waals surface area contributed by atoms with E-state index in [-0.39, 0.29) is 5.91 Å². The van der Waals surface area contributed by atoms with E-state index in [9.17, 15) is 4.79 Å². The van der Waals surface area contributed by atoms with Crippen molar-refractivity contribution in [1.82, 2.24) is 0 Å². The number of amides is 1. The SMILES string of the molecule is CCOc1ccc(Br)cc1/C=C/C(=O)Nc1cc(C)cc(C)c1. The molecule has 3 nitrogen and oxygen atoms in total. The molecule has 2 aromatic carbocycles.